The second kappa shape index (κ2) is 7.98. The summed E-state index contributed by atoms with van der Waals surface area (Å²) in [6.07, 6.45) is 3.48. The SMILES string of the molecule is CC(C)Sc1ccc(C(C)NC(=O)CCn2cncn2)cc1. The van der Waals surface area contributed by atoms with Crippen molar-refractivity contribution < 1.29 is 4.79 Å². The Morgan fingerprint density at radius 1 is 1.27 bits per heavy atom. The molecule has 0 spiro atoms. The van der Waals surface area contributed by atoms with Crippen molar-refractivity contribution in [3.05, 3.63) is 42.5 Å². The highest BCUT2D eigenvalue weighted by molar-refractivity contribution is 7.99. The van der Waals surface area contributed by atoms with Crippen molar-refractivity contribution in [3.63, 3.8) is 0 Å². The number of rotatable bonds is 7. The molecule has 1 N–H and O–H groups in total. The summed E-state index contributed by atoms with van der Waals surface area (Å²) >= 11 is 1.84. The topological polar surface area (TPSA) is 59.8 Å². The molecule has 0 radical (unpaired) electrons. The number of aryl methyl sites for hydroxylation is 1. The summed E-state index contributed by atoms with van der Waals surface area (Å²) in [5, 5.41) is 7.56. The lowest BCUT2D eigenvalue weighted by Crippen LogP contribution is -2.27. The van der Waals surface area contributed by atoms with Gasteiger partial charge in [-0.3, -0.25) is 9.48 Å². The Kier molecular flexibility index (Phi) is 6.00. The molecule has 1 heterocycles. The molecular weight excluding hydrogens is 296 g/mol. The van der Waals surface area contributed by atoms with Crippen molar-refractivity contribution in [3.8, 4) is 0 Å². The first kappa shape index (κ1) is 16.5. The number of aromatic nitrogens is 3. The second-order valence-electron chi connectivity index (χ2n) is 5.43. The molecule has 2 aromatic rings. The second-order valence-corrected chi connectivity index (χ2v) is 7.08. The van der Waals surface area contributed by atoms with Gasteiger partial charge in [0.05, 0.1) is 12.6 Å². The van der Waals surface area contributed by atoms with Gasteiger partial charge in [0.2, 0.25) is 5.91 Å². The fraction of sp³-hybridized carbons (Fsp3) is 0.438. The fourth-order valence-electron chi connectivity index (χ4n) is 2.07. The van der Waals surface area contributed by atoms with E-state index in [0.29, 0.717) is 18.2 Å². The molecule has 1 aromatic carbocycles. The Labute approximate surface area is 135 Å². The van der Waals surface area contributed by atoms with E-state index in [2.05, 4.69) is 53.5 Å². The van der Waals surface area contributed by atoms with Gasteiger partial charge in [0.1, 0.15) is 12.7 Å². The zero-order valence-corrected chi connectivity index (χ0v) is 14.0. The Bertz CT molecular complexity index is 581. The number of hydrogen-bond acceptors (Lipinski definition) is 4. The monoisotopic (exact) mass is 318 g/mol. The number of carbonyl (C=O) groups excluding carboxylic acids is 1. The first-order chi connectivity index (χ1) is 10.5. The highest BCUT2D eigenvalue weighted by Gasteiger charge is 2.10. The minimum atomic E-state index is 0.00125. The van der Waals surface area contributed by atoms with Crippen LogP contribution in [0.5, 0.6) is 0 Å². The van der Waals surface area contributed by atoms with Crippen LogP contribution >= 0.6 is 11.8 Å². The Morgan fingerprint density at radius 3 is 2.59 bits per heavy atom. The van der Waals surface area contributed by atoms with E-state index < -0.39 is 0 Å². The summed E-state index contributed by atoms with van der Waals surface area (Å²) in [5.41, 5.74) is 1.11. The maximum atomic E-state index is 12.0. The summed E-state index contributed by atoms with van der Waals surface area (Å²) in [4.78, 5) is 17.1. The average molecular weight is 318 g/mol. The molecule has 2 rings (SSSR count). The molecule has 0 aliphatic rings. The predicted octanol–water partition coefficient (Wildman–Crippen LogP) is 3.05. The van der Waals surface area contributed by atoms with Gasteiger partial charge in [-0.25, -0.2) is 4.98 Å². The molecule has 1 atom stereocenters. The van der Waals surface area contributed by atoms with Gasteiger partial charge in [0, 0.05) is 16.6 Å². The van der Waals surface area contributed by atoms with E-state index in [1.165, 1.54) is 11.2 Å². The van der Waals surface area contributed by atoms with E-state index in [0.717, 1.165) is 5.56 Å². The minimum Gasteiger partial charge on any atom is -0.350 e. The number of thioether (sulfide) groups is 1. The van der Waals surface area contributed by atoms with E-state index in [9.17, 15) is 4.79 Å². The van der Waals surface area contributed by atoms with Crippen LogP contribution in [-0.4, -0.2) is 25.9 Å². The van der Waals surface area contributed by atoms with Gasteiger partial charge < -0.3 is 5.32 Å². The Morgan fingerprint density at radius 2 is 2.00 bits per heavy atom. The van der Waals surface area contributed by atoms with Gasteiger partial charge in [-0.05, 0) is 24.6 Å². The zero-order valence-electron chi connectivity index (χ0n) is 13.2. The molecule has 0 aliphatic heterocycles. The van der Waals surface area contributed by atoms with E-state index in [1.807, 2.05) is 18.7 Å². The predicted molar refractivity (Wildman–Crippen MR) is 88.6 cm³/mol. The van der Waals surface area contributed by atoms with Gasteiger partial charge >= 0.3 is 0 Å². The first-order valence-corrected chi connectivity index (χ1v) is 8.31. The smallest absolute Gasteiger partial charge is 0.222 e. The van der Waals surface area contributed by atoms with E-state index >= 15 is 0 Å². The number of carbonyl (C=O) groups is 1. The summed E-state index contributed by atoms with van der Waals surface area (Å²) in [6.45, 7) is 6.90. The number of nitrogens with one attached hydrogen (secondary N) is 1. The van der Waals surface area contributed by atoms with E-state index in [1.54, 1.807) is 11.0 Å². The lowest BCUT2D eigenvalue weighted by Gasteiger charge is -2.15. The minimum absolute atomic E-state index is 0.00125. The first-order valence-electron chi connectivity index (χ1n) is 7.43. The maximum absolute atomic E-state index is 12.0. The van der Waals surface area contributed by atoms with Crippen LogP contribution in [0.1, 0.15) is 38.8 Å². The van der Waals surface area contributed by atoms with Crippen LogP contribution in [0.3, 0.4) is 0 Å². The Balaban J connectivity index is 1.83. The van der Waals surface area contributed by atoms with E-state index in [-0.39, 0.29) is 11.9 Å². The van der Waals surface area contributed by atoms with Crippen LogP contribution in [0.25, 0.3) is 0 Å². The fourth-order valence-corrected chi connectivity index (χ4v) is 2.91. The van der Waals surface area contributed by atoms with Gasteiger partial charge in [0.15, 0.2) is 0 Å². The third-order valence-electron chi connectivity index (χ3n) is 3.16. The van der Waals surface area contributed by atoms with Gasteiger partial charge in [-0.1, -0.05) is 26.0 Å². The molecule has 0 fully saturated rings. The number of benzene rings is 1. The zero-order chi connectivity index (χ0) is 15.9. The summed E-state index contributed by atoms with van der Waals surface area (Å²) in [5.74, 6) is 0.0173. The number of amides is 1. The molecule has 0 aliphatic carbocycles. The van der Waals surface area contributed by atoms with Gasteiger partial charge in [0.25, 0.3) is 0 Å². The highest BCUT2D eigenvalue weighted by atomic mass is 32.2. The standard InChI is InChI=1S/C16H22N4OS/c1-12(2)22-15-6-4-14(5-7-15)13(3)19-16(21)8-9-20-11-17-10-18-20/h4-7,10-13H,8-9H2,1-3H3,(H,19,21). The molecule has 118 valence electrons. The molecule has 5 nitrogen and oxygen atoms in total. The molecule has 1 aromatic heterocycles. The third-order valence-corrected chi connectivity index (χ3v) is 4.18. The van der Waals surface area contributed by atoms with Crippen LogP contribution in [0, 0.1) is 0 Å². The van der Waals surface area contributed by atoms with Crippen molar-refractivity contribution >= 4 is 17.7 Å². The summed E-state index contributed by atoms with van der Waals surface area (Å²) in [7, 11) is 0. The summed E-state index contributed by atoms with van der Waals surface area (Å²) in [6, 6.07) is 8.37. The summed E-state index contributed by atoms with van der Waals surface area (Å²) < 4.78 is 1.65. The molecule has 0 bridgehead atoms. The highest BCUT2D eigenvalue weighted by Crippen LogP contribution is 2.24. The van der Waals surface area contributed by atoms with Crippen molar-refractivity contribution in [1.29, 1.82) is 0 Å². The molecule has 6 heteroatoms. The lowest BCUT2D eigenvalue weighted by atomic mass is 10.1. The number of hydrogen-bond donors (Lipinski definition) is 1. The Hall–Kier alpha value is -1.82. The van der Waals surface area contributed by atoms with Crippen molar-refractivity contribution in [1.82, 2.24) is 20.1 Å². The maximum Gasteiger partial charge on any atom is 0.222 e. The quantitative estimate of drug-likeness (QED) is 0.797. The molecule has 0 saturated carbocycles. The molecule has 22 heavy (non-hydrogen) atoms. The third kappa shape index (κ3) is 5.18. The number of nitrogens with zero attached hydrogens (tertiary/aromatic N) is 3. The van der Waals surface area contributed by atoms with Crippen LogP contribution < -0.4 is 5.32 Å². The molecular formula is C16H22N4OS. The van der Waals surface area contributed by atoms with Gasteiger partial charge in [-0.2, -0.15) is 5.10 Å². The molecule has 1 amide bonds. The molecule has 1 unspecified atom stereocenters. The van der Waals surface area contributed by atoms with Crippen LogP contribution in [-0.2, 0) is 11.3 Å². The van der Waals surface area contributed by atoms with Gasteiger partial charge in [-0.15, -0.1) is 11.8 Å². The molecule has 0 saturated heterocycles. The largest absolute Gasteiger partial charge is 0.350 e. The van der Waals surface area contributed by atoms with Crippen molar-refractivity contribution in [2.75, 3.05) is 0 Å². The normalized spacial score (nSPS) is 12.4. The van der Waals surface area contributed by atoms with Crippen LogP contribution in [0.4, 0.5) is 0 Å². The van der Waals surface area contributed by atoms with Crippen molar-refractivity contribution in [2.24, 2.45) is 0 Å². The average Bonchev–Trinajstić information content (AvgIpc) is 2.98. The lowest BCUT2D eigenvalue weighted by molar-refractivity contribution is -0.122. The van der Waals surface area contributed by atoms with Crippen LogP contribution in [0.15, 0.2) is 41.8 Å². The van der Waals surface area contributed by atoms with Crippen LogP contribution in [0.2, 0.25) is 0 Å². The van der Waals surface area contributed by atoms with Crippen molar-refractivity contribution in [2.45, 2.75) is 49.9 Å². The van der Waals surface area contributed by atoms with E-state index in [4.69, 9.17) is 0 Å².